The van der Waals surface area contributed by atoms with E-state index in [4.69, 9.17) is 9.90 Å². The number of nitrogens with zero attached hydrogens (tertiary/aromatic N) is 2. The largest absolute Gasteiger partial charge is 0.490 e. The summed E-state index contributed by atoms with van der Waals surface area (Å²) >= 11 is 0. The highest BCUT2D eigenvalue weighted by Gasteiger charge is 2.38. The second-order valence-corrected chi connectivity index (χ2v) is 8.06. The first kappa shape index (κ1) is 28.7. The fraction of sp³-hybridized carbons (Fsp3) is 0.375. The van der Waals surface area contributed by atoms with Gasteiger partial charge in [-0.15, -0.1) is 0 Å². The number of piperazine rings is 1. The molecule has 1 aliphatic heterocycles. The van der Waals surface area contributed by atoms with Crippen LogP contribution in [0.15, 0.2) is 48.5 Å². The summed E-state index contributed by atoms with van der Waals surface area (Å²) in [6, 6.07) is 12.7. The third kappa shape index (κ3) is 8.59. The van der Waals surface area contributed by atoms with Crippen LogP contribution in [0.25, 0.3) is 0 Å². The number of carboxylic acid groups (broad SMARTS) is 1. The van der Waals surface area contributed by atoms with Crippen molar-refractivity contribution in [1.29, 1.82) is 0 Å². The molecule has 2 N–H and O–H groups in total. The SMILES string of the molecule is CC(CN(CC(=O)N1CCNCC1)C(=O)c1ccc(F)c(F)c1)c1ccccc1.O=C(O)C(F)(F)F. The number of rotatable bonds is 6. The molecule has 0 spiro atoms. The molecule has 0 bridgehead atoms. The summed E-state index contributed by atoms with van der Waals surface area (Å²) in [5, 5.41) is 10.3. The Kier molecular flexibility index (Phi) is 10.3. The van der Waals surface area contributed by atoms with Gasteiger partial charge in [-0.1, -0.05) is 37.3 Å². The van der Waals surface area contributed by atoms with Crippen LogP contribution in [0, 0.1) is 11.6 Å². The summed E-state index contributed by atoms with van der Waals surface area (Å²) in [5.74, 6) is -5.52. The van der Waals surface area contributed by atoms with E-state index in [1.807, 2.05) is 37.3 Å². The van der Waals surface area contributed by atoms with Crippen molar-refractivity contribution in [2.45, 2.75) is 19.0 Å². The Morgan fingerprint density at radius 3 is 2.14 bits per heavy atom. The zero-order valence-electron chi connectivity index (χ0n) is 19.4. The minimum Gasteiger partial charge on any atom is -0.475 e. The molecular weight excluding hydrogens is 489 g/mol. The number of amides is 2. The van der Waals surface area contributed by atoms with Crippen molar-refractivity contribution in [3.05, 3.63) is 71.3 Å². The second-order valence-electron chi connectivity index (χ2n) is 8.06. The molecule has 0 saturated carbocycles. The highest BCUT2D eigenvalue weighted by molar-refractivity contribution is 5.96. The lowest BCUT2D eigenvalue weighted by atomic mass is 10.00. The Morgan fingerprint density at radius 2 is 1.61 bits per heavy atom. The van der Waals surface area contributed by atoms with Gasteiger partial charge in [-0.25, -0.2) is 13.6 Å². The van der Waals surface area contributed by atoms with Gasteiger partial charge in [0.2, 0.25) is 5.91 Å². The molecule has 2 amide bonds. The van der Waals surface area contributed by atoms with Crippen molar-refractivity contribution in [1.82, 2.24) is 15.1 Å². The zero-order chi connectivity index (χ0) is 26.9. The molecule has 7 nitrogen and oxygen atoms in total. The number of hydrogen-bond donors (Lipinski definition) is 2. The Labute approximate surface area is 204 Å². The fourth-order valence-corrected chi connectivity index (χ4v) is 3.43. The molecule has 196 valence electrons. The molecule has 0 radical (unpaired) electrons. The maximum Gasteiger partial charge on any atom is 0.490 e. The molecule has 36 heavy (non-hydrogen) atoms. The van der Waals surface area contributed by atoms with E-state index in [1.165, 1.54) is 11.0 Å². The monoisotopic (exact) mass is 515 g/mol. The number of carboxylic acids is 1. The lowest BCUT2D eigenvalue weighted by Gasteiger charge is -2.31. The molecule has 2 aromatic rings. The molecule has 0 aromatic heterocycles. The number of aliphatic carboxylic acids is 1. The van der Waals surface area contributed by atoms with Gasteiger partial charge >= 0.3 is 12.1 Å². The first-order valence-corrected chi connectivity index (χ1v) is 11.0. The van der Waals surface area contributed by atoms with Crippen LogP contribution in [-0.4, -0.2) is 78.1 Å². The van der Waals surface area contributed by atoms with Crippen LogP contribution in [0.5, 0.6) is 0 Å². The van der Waals surface area contributed by atoms with E-state index in [-0.39, 0.29) is 23.9 Å². The minimum atomic E-state index is -5.08. The lowest BCUT2D eigenvalue weighted by molar-refractivity contribution is -0.192. The number of carbonyl (C=O) groups is 3. The van der Waals surface area contributed by atoms with Gasteiger partial charge in [-0.05, 0) is 29.7 Å². The molecule has 1 fully saturated rings. The highest BCUT2D eigenvalue weighted by atomic mass is 19.4. The Balaban J connectivity index is 0.000000572. The van der Waals surface area contributed by atoms with Crippen LogP contribution in [-0.2, 0) is 9.59 Å². The van der Waals surface area contributed by atoms with Crippen LogP contribution >= 0.6 is 0 Å². The summed E-state index contributed by atoms with van der Waals surface area (Å²) in [5.41, 5.74) is 1.06. The van der Waals surface area contributed by atoms with Crippen LogP contribution in [0.4, 0.5) is 22.0 Å². The summed E-state index contributed by atoms with van der Waals surface area (Å²) in [6.07, 6.45) is -5.08. The average molecular weight is 515 g/mol. The molecule has 1 heterocycles. The molecule has 1 aliphatic rings. The van der Waals surface area contributed by atoms with E-state index in [1.54, 1.807) is 4.90 Å². The number of benzene rings is 2. The standard InChI is InChI=1S/C22H25F2N3O2.C2HF3O2/c1-16(17-5-3-2-4-6-17)14-27(15-21(28)26-11-9-25-10-12-26)22(29)18-7-8-19(23)20(24)13-18;3-2(4,5)1(6)7/h2-8,13,16,25H,9-12,14-15H2,1H3;(H,6,7). The van der Waals surface area contributed by atoms with Crippen molar-refractivity contribution in [3.8, 4) is 0 Å². The number of carbonyl (C=O) groups excluding carboxylic acids is 2. The van der Waals surface area contributed by atoms with Gasteiger partial charge in [-0.2, -0.15) is 13.2 Å². The summed E-state index contributed by atoms with van der Waals surface area (Å²) in [6.45, 7) is 4.75. The average Bonchev–Trinajstić information content (AvgIpc) is 2.85. The summed E-state index contributed by atoms with van der Waals surface area (Å²) in [4.78, 5) is 37.8. The third-order valence-electron chi connectivity index (χ3n) is 5.35. The molecule has 12 heteroatoms. The Bertz CT molecular complexity index is 1040. The van der Waals surface area contributed by atoms with Gasteiger partial charge in [0, 0.05) is 38.3 Å². The van der Waals surface area contributed by atoms with E-state index in [0.29, 0.717) is 32.7 Å². The van der Waals surface area contributed by atoms with Crippen LogP contribution in [0.1, 0.15) is 28.8 Å². The van der Waals surface area contributed by atoms with Gasteiger partial charge < -0.3 is 20.2 Å². The molecular formula is C24H26F5N3O4. The van der Waals surface area contributed by atoms with Crippen LogP contribution < -0.4 is 5.32 Å². The van der Waals surface area contributed by atoms with Gasteiger partial charge in [0.1, 0.15) is 6.54 Å². The van der Waals surface area contributed by atoms with Crippen LogP contribution in [0.3, 0.4) is 0 Å². The second kappa shape index (κ2) is 13.0. The molecule has 2 aromatic carbocycles. The number of alkyl halides is 3. The van der Waals surface area contributed by atoms with E-state index < -0.39 is 29.7 Å². The predicted octanol–water partition coefficient (Wildman–Crippen LogP) is 3.28. The quantitative estimate of drug-likeness (QED) is 0.577. The van der Waals surface area contributed by atoms with E-state index in [2.05, 4.69) is 5.32 Å². The van der Waals surface area contributed by atoms with Crippen molar-refractivity contribution < 1.29 is 41.4 Å². The van der Waals surface area contributed by atoms with Crippen molar-refractivity contribution in [2.75, 3.05) is 39.3 Å². The first-order chi connectivity index (χ1) is 16.9. The van der Waals surface area contributed by atoms with E-state index in [9.17, 15) is 31.5 Å². The zero-order valence-corrected chi connectivity index (χ0v) is 19.4. The van der Waals surface area contributed by atoms with Crippen LogP contribution in [0.2, 0.25) is 0 Å². The van der Waals surface area contributed by atoms with Gasteiger partial charge in [0.15, 0.2) is 11.6 Å². The van der Waals surface area contributed by atoms with Gasteiger partial charge in [0.25, 0.3) is 5.91 Å². The maximum atomic E-state index is 13.7. The van der Waals surface area contributed by atoms with Crippen molar-refractivity contribution in [3.63, 3.8) is 0 Å². The molecule has 0 aliphatic carbocycles. The fourth-order valence-electron chi connectivity index (χ4n) is 3.43. The van der Waals surface area contributed by atoms with Crippen molar-refractivity contribution >= 4 is 17.8 Å². The number of halogens is 5. The number of nitrogens with one attached hydrogen (secondary N) is 1. The molecule has 1 saturated heterocycles. The first-order valence-electron chi connectivity index (χ1n) is 11.0. The highest BCUT2D eigenvalue weighted by Crippen LogP contribution is 2.19. The molecule has 3 rings (SSSR count). The van der Waals surface area contributed by atoms with E-state index in [0.717, 1.165) is 17.7 Å². The Morgan fingerprint density at radius 1 is 1.03 bits per heavy atom. The van der Waals surface area contributed by atoms with E-state index >= 15 is 0 Å². The van der Waals surface area contributed by atoms with Gasteiger partial charge in [0.05, 0.1) is 0 Å². The molecule has 1 atom stereocenters. The topological polar surface area (TPSA) is 90.0 Å². The summed E-state index contributed by atoms with van der Waals surface area (Å²) < 4.78 is 58.7. The predicted molar refractivity (Wildman–Crippen MR) is 120 cm³/mol. The smallest absolute Gasteiger partial charge is 0.475 e. The normalized spacial score (nSPS) is 14.3. The lowest BCUT2D eigenvalue weighted by Crippen LogP contribution is -2.50. The molecule has 1 unspecified atom stereocenters. The third-order valence-corrected chi connectivity index (χ3v) is 5.35. The number of hydrogen-bond acceptors (Lipinski definition) is 4. The minimum absolute atomic E-state index is 0.0253. The summed E-state index contributed by atoms with van der Waals surface area (Å²) in [7, 11) is 0. The van der Waals surface area contributed by atoms with Crippen molar-refractivity contribution in [2.24, 2.45) is 0 Å². The van der Waals surface area contributed by atoms with Gasteiger partial charge in [-0.3, -0.25) is 9.59 Å². The maximum absolute atomic E-state index is 13.7. The Hall–Kier alpha value is -3.54.